The first-order valence-electron chi connectivity index (χ1n) is 10.5. The summed E-state index contributed by atoms with van der Waals surface area (Å²) in [6.07, 6.45) is -4.79. The van der Waals surface area contributed by atoms with Gasteiger partial charge in [-0.15, -0.1) is 0 Å². The number of carbonyl (C=O) groups excluding carboxylic acids is 1. The van der Waals surface area contributed by atoms with Crippen molar-refractivity contribution in [2.24, 2.45) is 0 Å². The highest BCUT2D eigenvalue weighted by atomic mass is 19.4. The molecule has 1 saturated heterocycles. The van der Waals surface area contributed by atoms with Gasteiger partial charge in [-0.2, -0.15) is 13.2 Å². The summed E-state index contributed by atoms with van der Waals surface area (Å²) >= 11 is 0. The van der Waals surface area contributed by atoms with Gasteiger partial charge < -0.3 is 10.6 Å². The molecule has 3 nitrogen and oxygen atoms in total. The summed E-state index contributed by atoms with van der Waals surface area (Å²) in [5.74, 6) is -0.443. The monoisotopic (exact) mass is 436 g/mol. The van der Waals surface area contributed by atoms with Crippen molar-refractivity contribution in [1.29, 1.82) is 0 Å². The van der Waals surface area contributed by atoms with Crippen LogP contribution in [0.4, 0.5) is 22.0 Å². The van der Waals surface area contributed by atoms with Gasteiger partial charge in [-0.25, -0.2) is 8.78 Å². The Hall–Kier alpha value is -1.70. The standard InChI is InChI=1S/C18H21F5N2O.2C2H6/c1-16(2,20)10-5-11(7-12(6-10)18(21,22)23)17(3-4-17)25-15(26)14-8-13(19)9-24-14;2*1-2/h5-7,13-14,24H,3-4,8-9H2,1-2H3,(H,25,26);2*1-2H3. The molecule has 2 aliphatic rings. The fourth-order valence-electron chi connectivity index (χ4n) is 3.24. The molecular weight excluding hydrogens is 403 g/mol. The minimum Gasteiger partial charge on any atom is -0.345 e. The molecule has 30 heavy (non-hydrogen) atoms. The van der Waals surface area contributed by atoms with Crippen LogP contribution in [0.5, 0.6) is 0 Å². The van der Waals surface area contributed by atoms with Gasteiger partial charge in [0, 0.05) is 13.0 Å². The number of carbonyl (C=O) groups is 1. The van der Waals surface area contributed by atoms with Crippen molar-refractivity contribution in [3.63, 3.8) is 0 Å². The molecule has 2 atom stereocenters. The zero-order valence-electron chi connectivity index (χ0n) is 18.5. The zero-order valence-corrected chi connectivity index (χ0v) is 18.5. The van der Waals surface area contributed by atoms with Crippen LogP contribution in [0.2, 0.25) is 0 Å². The van der Waals surface area contributed by atoms with Crippen LogP contribution in [-0.2, 0) is 22.2 Å². The second-order valence-electron chi connectivity index (χ2n) is 7.63. The number of hydrogen-bond acceptors (Lipinski definition) is 2. The molecule has 3 rings (SSSR count). The van der Waals surface area contributed by atoms with Crippen molar-refractivity contribution < 1.29 is 26.7 Å². The van der Waals surface area contributed by atoms with E-state index in [0.717, 1.165) is 12.1 Å². The third-order valence-electron chi connectivity index (χ3n) is 5.01. The topological polar surface area (TPSA) is 41.1 Å². The molecule has 172 valence electrons. The van der Waals surface area contributed by atoms with E-state index in [0.29, 0.717) is 12.8 Å². The second-order valence-corrected chi connectivity index (χ2v) is 7.63. The van der Waals surface area contributed by atoms with E-state index in [1.807, 2.05) is 27.7 Å². The van der Waals surface area contributed by atoms with Crippen LogP contribution in [0.25, 0.3) is 0 Å². The van der Waals surface area contributed by atoms with Gasteiger partial charge in [-0.05, 0) is 49.9 Å². The first-order valence-corrected chi connectivity index (χ1v) is 10.5. The molecule has 0 radical (unpaired) electrons. The molecule has 1 aliphatic heterocycles. The summed E-state index contributed by atoms with van der Waals surface area (Å²) in [6.45, 7) is 10.5. The van der Waals surface area contributed by atoms with Crippen molar-refractivity contribution in [2.45, 2.75) is 90.4 Å². The number of amides is 1. The predicted octanol–water partition coefficient (Wildman–Crippen LogP) is 5.77. The van der Waals surface area contributed by atoms with Crippen molar-refractivity contribution in [1.82, 2.24) is 10.6 Å². The number of nitrogens with one attached hydrogen (secondary N) is 2. The lowest BCUT2D eigenvalue weighted by atomic mass is 9.91. The minimum absolute atomic E-state index is 0.0350. The summed E-state index contributed by atoms with van der Waals surface area (Å²) in [5.41, 5.74) is -3.71. The maximum Gasteiger partial charge on any atom is 0.416 e. The molecule has 1 aromatic rings. The van der Waals surface area contributed by atoms with E-state index in [2.05, 4.69) is 10.6 Å². The largest absolute Gasteiger partial charge is 0.416 e. The maximum absolute atomic E-state index is 14.3. The summed E-state index contributed by atoms with van der Waals surface area (Å²) in [6, 6.07) is 2.43. The molecule has 8 heteroatoms. The van der Waals surface area contributed by atoms with Crippen LogP contribution in [0.15, 0.2) is 18.2 Å². The van der Waals surface area contributed by atoms with E-state index in [9.17, 15) is 26.7 Å². The highest BCUT2D eigenvalue weighted by molar-refractivity contribution is 5.83. The number of hydrogen-bond donors (Lipinski definition) is 2. The molecule has 0 spiro atoms. The van der Waals surface area contributed by atoms with Gasteiger partial charge in [0.05, 0.1) is 17.1 Å². The summed E-state index contributed by atoms with van der Waals surface area (Å²) in [4.78, 5) is 12.3. The summed E-state index contributed by atoms with van der Waals surface area (Å²) in [7, 11) is 0. The number of halogens is 5. The molecule has 2 unspecified atom stereocenters. The Kier molecular flexibility index (Phi) is 8.84. The molecule has 1 saturated carbocycles. The number of rotatable bonds is 4. The van der Waals surface area contributed by atoms with Crippen LogP contribution in [-0.4, -0.2) is 24.7 Å². The van der Waals surface area contributed by atoms with Crippen LogP contribution in [0.1, 0.15) is 77.5 Å². The molecule has 1 aromatic carbocycles. The van der Waals surface area contributed by atoms with Crippen molar-refractivity contribution >= 4 is 5.91 Å². The normalized spacial score (nSPS) is 22.2. The first-order chi connectivity index (χ1) is 13.9. The van der Waals surface area contributed by atoms with E-state index in [1.165, 1.54) is 19.9 Å². The summed E-state index contributed by atoms with van der Waals surface area (Å²) in [5, 5.41) is 5.50. The predicted molar refractivity (Wildman–Crippen MR) is 109 cm³/mol. The Morgan fingerprint density at radius 2 is 1.57 bits per heavy atom. The van der Waals surface area contributed by atoms with E-state index in [1.54, 1.807) is 0 Å². The van der Waals surface area contributed by atoms with Crippen molar-refractivity contribution in [2.75, 3.05) is 6.54 Å². The zero-order chi connectivity index (χ0) is 23.3. The van der Waals surface area contributed by atoms with Crippen molar-refractivity contribution in [3.05, 3.63) is 34.9 Å². The average molecular weight is 437 g/mol. The Morgan fingerprint density at radius 3 is 1.97 bits per heavy atom. The Bertz CT molecular complexity index is 676. The van der Waals surface area contributed by atoms with Gasteiger partial charge in [-0.1, -0.05) is 33.8 Å². The number of benzene rings is 1. The smallest absolute Gasteiger partial charge is 0.345 e. The fraction of sp³-hybridized carbons (Fsp3) is 0.682. The van der Waals surface area contributed by atoms with Gasteiger partial charge in [0.1, 0.15) is 11.8 Å². The highest BCUT2D eigenvalue weighted by Crippen LogP contribution is 2.48. The van der Waals surface area contributed by atoms with E-state index < -0.39 is 41.1 Å². The van der Waals surface area contributed by atoms with E-state index >= 15 is 0 Å². The van der Waals surface area contributed by atoms with Crippen LogP contribution in [0, 0.1) is 0 Å². The lowest BCUT2D eigenvalue weighted by Gasteiger charge is -2.24. The third kappa shape index (κ3) is 6.40. The highest BCUT2D eigenvalue weighted by Gasteiger charge is 2.48. The van der Waals surface area contributed by atoms with Crippen LogP contribution in [0.3, 0.4) is 0 Å². The molecule has 0 bridgehead atoms. The minimum atomic E-state index is -4.62. The van der Waals surface area contributed by atoms with Gasteiger partial charge in [0.25, 0.3) is 0 Å². The van der Waals surface area contributed by atoms with E-state index in [4.69, 9.17) is 0 Å². The molecule has 0 aromatic heterocycles. The van der Waals surface area contributed by atoms with Gasteiger partial charge >= 0.3 is 6.18 Å². The van der Waals surface area contributed by atoms with Crippen molar-refractivity contribution in [3.8, 4) is 0 Å². The van der Waals surface area contributed by atoms with E-state index in [-0.39, 0.29) is 24.1 Å². The van der Waals surface area contributed by atoms with Crippen LogP contribution >= 0.6 is 0 Å². The summed E-state index contributed by atoms with van der Waals surface area (Å²) < 4.78 is 67.3. The van der Waals surface area contributed by atoms with Gasteiger partial charge in [0.2, 0.25) is 5.91 Å². The quantitative estimate of drug-likeness (QED) is 0.589. The Morgan fingerprint density at radius 1 is 1.03 bits per heavy atom. The third-order valence-corrected chi connectivity index (χ3v) is 5.01. The lowest BCUT2D eigenvalue weighted by molar-refractivity contribution is -0.137. The first kappa shape index (κ1) is 26.3. The average Bonchev–Trinajstić information content (AvgIpc) is 3.34. The maximum atomic E-state index is 14.3. The van der Waals surface area contributed by atoms with Gasteiger partial charge in [0.15, 0.2) is 0 Å². The van der Waals surface area contributed by atoms with Gasteiger partial charge in [-0.3, -0.25) is 4.79 Å². The molecular formula is C22H33F5N2O. The molecule has 2 fully saturated rings. The molecule has 1 aliphatic carbocycles. The molecule has 2 N–H and O–H groups in total. The second kappa shape index (κ2) is 10.1. The lowest BCUT2D eigenvalue weighted by Crippen LogP contribution is -2.45. The Balaban J connectivity index is 0.00000106. The SMILES string of the molecule is CC.CC.CC(C)(F)c1cc(C(F)(F)F)cc(C2(NC(=O)C3CC(F)CN3)CC2)c1. The molecule has 1 amide bonds. The van der Waals surface area contributed by atoms with Crippen LogP contribution < -0.4 is 10.6 Å². The Labute approximate surface area is 175 Å². The fourth-order valence-corrected chi connectivity index (χ4v) is 3.24. The number of alkyl halides is 5. The molecule has 1 heterocycles.